The minimum absolute atomic E-state index is 0.102. The fourth-order valence-corrected chi connectivity index (χ4v) is 7.07. The van der Waals surface area contributed by atoms with Crippen LogP contribution in [0, 0.1) is 6.92 Å². The van der Waals surface area contributed by atoms with Crippen molar-refractivity contribution in [1.82, 2.24) is 3.97 Å². The van der Waals surface area contributed by atoms with Crippen LogP contribution in [0.15, 0.2) is 58.9 Å². The summed E-state index contributed by atoms with van der Waals surface area (Å²) in [5.74, 6) is -0.337. The summed E-state index contributed by atoms with van der Waals surface area (Å²) < 4.78 is 35.0. The smallest absolute Gasteiger partial charge is 0.303 e. The molecule has 34 heavy (non-hydrogen) atoms. The summed E-state index contributed by atoms with van der Waals surface area (Å²) in [5, 5.41) is 9.84. The van der Waals surface area contributed by atoms with Crippen LogP contribution < -0.4 is 10.5 Å². The van der Waals surface area contributed by atoms with Gasteiger partial charge in [-0.15, -0.1) is 11.3 Å². The second-order valence-corrected chi connectivity index (χ2v) is 11.2. The van der Waals surface area contributed by atoms with Crippen LogP contribution in [0.5, 0.6) is 5.75 Å². The number of carbonyl (C=O) groups is 1. The Morgan fingerprint density at radius 2 is 1.88 bits per heavy atom. The first-order valence-corrected chi connectivity index (χ1v) is 13.1. The minimum atomic E-state index is -3.96. The number of benzene rings is 2. The quantitative estimate of drug-likeness (QED) is 0.343. The molecule has 0 amide bonds. The molecular weight excluding hydrogens is 472 g/mol. The maximum Gasteiger partial charge on any atom is 0.303 e. The van der Waals surface area contributed by atoms with E-state index in [1.54, 1.807) is 18.2 Å². The molecule has 0 bridgehead atoms. The van der Waals surface area contributed by atoms with Crippen molar-refractivity contribution in [2.45, 2.75) is 37.4 Å². The molecule has 7 nitrogen and oxygen atoms in total. The molecule has 9 heteroatoms. The van der Waals surface area contributed by atoms with Crippen LogP contribution >= 0.6 is 11.3 Å². The largest absolute Gasteiger partial charge is 0.494 e. The van der Waals surface area contributed by atoms with Gasteiger partial charge in [0.25, 0.3) is 10.0 Å². The number of aliphatic carboxylic acids is 1. The van der Waals surface area contributed by atoms with Gasteiger partial charge in [0.05, 0.1) is 12.1 Å². The molecule has 178 valence electrons. The van der Waals surface area contributed by atoms with E-state index in [1.807, 2.05) is 44.2 Å². The average molecular weight is 499 g/mol. The highest BCUT2D eigenvalue weighted by atomic mass is 32.2. The van der Waals surface area contributed by atoms with E-state index in [2.05, 4.69) is 0 Å². The fourth-order valence-electron chi connectivity index (χ4n) is 3.94. The molecule has 0 radical (unpaired) electrons. The molecule has 0 fully saturated rings. The van der Waals surface area contributed by atoms with Crippen LogP contribution in [0.25, 0.3) is 22.0 Å². The van der Waals surface area contributed by atoms with E-state index in [0.717, 1.165) is 16.0 Å². The number of hydrogen-bond acceptors (Lipinski definition) is 6. The van der Waals surface area contributed by atoms with Gasteiger partial charge < -0.3 is 15.6 Å². The summed E-state index contributed by atoms with van der Waals surface area (Å²) in [6, 6.07) is 14.6. The Bertz CT molecular complexity index is 1450. The molecule has 2 heterocycles. The summed E-state index contributed by atoms with van der Waals surface area (Å²) >= 11 is 1.22. The van der Waals surface area contributed by atoms with Crippen molar-refractivity contribution >= 4 is 38.2 Å². The van der Waals surface area contributed by atoms with Crippen LogP contribution in [0.4, 0.5) is 0 Å². The van der Waals surface area contributed by atoms with Crippen molar-refractivity contribution in [1.29, 1.82) is 0 Å². The standard InChI is InChI=1S/C25H26N2O5S2/c1-3-32-20-9-10-23-21(13-20)19(8-11-24(28)29)15-27(23)34(30,31)25-22(12-16(2)33-25)18-6-4-17(14-26)5-7-18/h4-7,9-10,12-13,15H,3,8,11,14,26H2,1-2H3,(H,28,29). The van der Waals surface area contributed by atoms with Gasteiger partial charge in [-0.25, -0.2) is 3.97 Å². The van der Waals surface area contributed by atoms with Crippen LogP contribution in [0.2, 0.25) is 0 Å². The first-order chi connectivity index (χ1) is 16.2. The van der Waals surface area contributed by atoms with Crippen molar-refractivity contribution in [2.75, 3.05) is 6.61 Å². The molecule has 2 aromatic heterocycles. The number of aryl methyl sites for hydroxylation is 2. The average Bonchev–Trinajstić information content (AvgIpc) is 3.39. The Morgan fingerprint density at radius 1 is 1.15 bits per heavy atom. The number of carboxylic acid groups (broad SMARTS) is 1. The Morgan fingerprint density at radius 3 is 2.53 bits per heavy atom. The van der Waals surface area contributed by atoms with Crippen LogP contribution in [-0.2, 0) is 27.8 Å². The molecule has 0 unspecified atom stereocenters. The third-order valence-corrected chi connectivity index (χ3v) is 8.79. The molecule has 4 rings (SSSR count). The second-order valence-electron chi connectivity index (χ2n) is 7.92. The van der Waals surface area contributed by atoms with Gasteiger partial charge >= 0.3 is 5.97 Å². The first-order valence-electron chi connectivity index (χ1n) is 10.9. The summed E-state index contributed by atoms with van der Waals surface area (Å²) in [4.78, 5) is 12.1. The van der Waals surface area contributed by atoms with E-state index >= 15 is 0 Å². The van der Waals surface area contributed by atoms with E-state index in [0.29, 0.717) is 40.9 Å². The zero-order chi connectivity index (χ0) is 24.5. The molecule has 3 N–H and O–H groups in total. The van der Waals surface area contributed by atoms with Crippen molar-refractivity contribution in [3.8, 4) is 16.9 Å². The minimum Gasteiger partial charge on any atom is -0.494 e. The molecule has 4 aromatic rings. The Kier molecular flexibility index (Phi) is 6.79. The lowest BCUT2D eigenvalue weighted by Gasteiger charge is -2.10. The van der Waals surface area contributed by atoms with Gasteiger partial charge in [0.2, 0.25) is 0 Å². The topological polar surface area (TPSA) is 112 Å². The van der Waals surface area contributed by atoms with E-state index in [1.165, 1.54) is 21.5 Å². The van der Waals surface area contributed by atoms with Gasteiger partial charge in [0.15, 0.2) is 0 Å². The Balaban J connectivity index is 1.88. The number of nitrogens with two attached hydrogens (primary N) is 1. The highest BCUT2D eigenvalue weighted by molar-refractivity contribution is 7.92. The lowest BCUT2D eigenvalue weighted by Crippen LogP contribution is -2.11. The molecule has 0 saturated carbocycles. The molecule has 0 atom stereocenters. The van der Waals surface area contributed by atoms with Gasteiger partial charge in [-0.3, -0.25) is 4.79 Å². The predicted octanol–water partition coefficient (Wildman–Crippen LogP) is 4.79. The highest BCUT2D eigenvalue weighted by Gasteiger charge is 2.27. The van der Waals surface area contributed by atoms with Crippen LogP contribution in [0.1, 0.15) is 29.3 Å². The molecule has 0 aliphatic rings. The normalized spacial score (nSPS) is 11.7. The molecule has 2 aromatic carbocycles. The van der Waals surface area contributed by atoms with Gasteiger partial charge in [0.1, 0.15) is 9.96 Å². The van der Waals surface area contributed by atoms with Crippen molar-refractivity contribution in [3.63, 3.8) is 0 Å². The summed E-state index contributed by atoms with van der Waals surface area (Å²) in [6.07, 6.45) is 1.64. The Labute approximate surface area is 202 Å². The van der Waals surface area contributed by atoms with Gasteiger partial charge in [-0.2, -0.15) is 8.42 Å². The number of aromatic nitrogens is 1. The zero-order valence-corrected chi connectivity index (χ0v) is 20.6. The number of thiophene rings is 1. The number of carboxylic acids is 1. The molecule has 0 aliphatic heterocycles. The summed E-state index contributed by atoms with van der Waals surface area (Å²) in [5.41, 5.74) is 9.22. The zero-order valence-electron chi connectivity index (χ0n) is 18.9. The number of ether oxygens (including phenoxy) is 1. The van der Waals surface area contributed by atoms with Crippen LogP contribution in [0.3, 0.4) is 0 Å². The van der Waals surface area contributed by atoms with Gasteiger partial charge in [-0.05, 0) is 61.2 Å². The summed E-state index contributed by atoms with van der Waals surface area (Å²) in [6.45, 7) is 4.62. The van der Waals surface area contributed by atoms with Crippen molar-refractivity contribution in [2.24, 2.45) is 5.73 Å². The lowest BCUT2D eigenvalue weighted by atomic mass is 10.1. The highest BCUT2D eigenvalue weighted by Crippen LogP contribution is 2.38. The number of rotatable bonds is 9. The SMILES string of the molecule is CCOc1ccc2c(c1)c(CCC(=O)O)cn2S(=O)(=O)c1sc(C)cc1-c1ccc(CN)cc1. The predicted molar refractivity (Wildman–Crippen MR) is 134 cm³/mol. The van der Waals surface area contributed by atoms with E-state index in [9.17, 15) is 18.3 Å². The van der Waals surface area contributed by atoms with E-state index in [-0.39, 0.29) is 17.1 Å². The summed E-state index contributed by atoms with van der Waals surface area (Å²) in [7, 11) is -3.96. The van der Waals surface area contributed by atoms with E-state index in [4.69, 9.17) is 10.5 Å². The number of hydrogen-bond donors (Lipinski definition) is 2. The molecule has 0 saturated heterocycles. The fraction of sp³-hybridized carbons (Fsp3) is 0.240. The van der Waals surface area contributed by atoms with E-state index < -0.39 is 16.0 Å². The number of fused-ring (bicyclic) bond motifs is 1. The second kappa shape index (κ2) is 9.61. The Hall–Kier alpha value is -3.14. The molecular formula is C25H26N2O5S2. The van der Waals surface area contributed by atoms with Crippen LogP contribution in [-0.4, -0.2) is 30.1 Å². The molecule has 0 spiro atoms. The lowest BCUT2D eigenvalue weighted by molar-refractivity contribution is -0.136. The first kappa shape index (κ1) is 24.0. The van der Waals surface area contributed by atoms with Crippen molar-refractivity contribution < 1.29 is 23.1 Å². The third kappa shape index (κ3) is 4.59. The maximum atomic E-state index is 13.9. The maximum absolute atomic E-state index is 13.9. The third-order valence-electron chi connectivity index (χ3n) is 5.56. The monoisotopic (exact) mass is 498 g/mol. The molecule has 0 aliphatic carbocycles. The number of nitrogens with zero attached hydrogens (tertiary/aromatic N) is 1. The van der Waals surface area contributed by atoms with Crippen molar-refractivity contribution in [3.05, 3.63) is 70.7 Å². The van der Waals surface area contributed by atoms with Gasteiger partial charge in [0, 0.05) is 35.0 Å². The van der Waals surface area contributed by atoms with Gasteiger partial charge in [-0.1, -0.05) is 24.3 Å².